The van der Waals surface area contributed by atoms with E-state index in [1.807, 2.05) is 26.0 Å². The van der Waals surface area contributed by atoms with Gasteiger partial charge in [-0.05, 0) is 38.9 Å². The third-order valence-corrected chi connectivity index (χ3v) is 2.68. The van der Waals surface area contributed by atoms with E-state index in [1.165, 1.54) is 0 Å². The van der Waals surface area contributed by atoms with Crippen molar-refractivity contribution >= 4 is 0 Å². The smallest absolute Gasteiger partial charge is 0.122 e. The van der Waals surface area contributed by atoms with Gasteiger partial charge >= 0.3 is 0 Å². The molecule has 2 atom stereocenters. The van der Waals surface area contributed by atoms with E-state index in [0.29, 0.717) is 5.92 Å². The number of hydrogen-bond donors (Lipinski definition) is 1. The first-order chi connectivity index (χ1) is 7.41. The summed E-state index contributed by atoms with van der Waals surface area (Å²) in [7, 11) is 2.10. The Hall–Kier alpha value is -0.800. The third-order valence-electron chi connectivity index (χ3n) is 2.68. The van der Waals surface area contributed by atoms with E-state index in [-0.39, 0.29) is 12.1 Å². The SMILES string of the molecule is Cc1ccc(C(C(C)N)N(C)CC(C)C)o1. The summed E-state index contributed by atoms with van der Waals surface area (Å²) in [5.74, 6) is 2.54. The molecule has 1 aromatic rings. The van der Waals surface area contributed by atoms with Crippen molar-refractivity contribution in [2.24, 2.45) is 11.7 Å². The van der Waals surface area contributed by atoms with E-state index in [1.54, 1.807) is 0 Å². The van der Waals surface area contributed by atoms with Crippen LogP contribution in [0, 0.1) is 12.8 Å². The molecule has 3 heteroatoms. The Kier molecular flexibility index (Phi) is 4.56. The van der Waals surface area contributed by atoms with E-state index in [9.17, 15) is 0 Å². The number of nitrogens with two attached hydrogens (primary N) is 1. The van der Waals surface area contributed by atoms with Gasteiger partial charge in [-0.3, -0.25) is 4.90 Å². The summed E-state index contributed by atoms with van der Waals surface area (Å²) in [6, 6.07) is 4.25. The van der Waals surface area contributed by atoms with Crippen LogP contribution in [0.1, 0.15) is 38.3 Å². The molecule has 0 fully saturated rings. The summed E-state index contributed by atoms with van der Waals surface area (Å²) in [6.07, 6.45) is 0. The maximum absolute atomic E-state index is 6.05. The van der Waals surface area contributed by atoms with Gasteiger partial charge in [-0.15, -0.1) is 0 Å². The molecule has 16 heavy (non-hydrogen) atoms. The molecule has 0 amide bonds. The second-order valence-electron chi connectivity index (χ2n) is 5.09. The van der Waals surface area contributed by atoms with Gasteiger partial charge in [0.2, 0.25) is 0 Å². The predicted octanol–water partition coefficient (Wildman–Crippen LogP) is 2.56. The molecular weight excluding hydrogens is 200 g/mol. The van der Waals surface area contributed by atoms with E-state index < -0.39 is 0 Å². The molecule has 0 aliphatic rings. The Bertz CT molecular complexity index is 317. The largest absolute Gasteiger partial charge is 0.465 e. The maximum Gasteiger partial charge on any atom is 0.122 e. The minimum atomic E-state index is 0.0642. The molecule has 1 rings (SSSR count). The van der Waals surface area contributed by atoms with Crippen LogP contribution >= 0.6 is 0 Å². The van der Waals surface area contributed by atoms with Crippen molar-refractivity contribution in [3.63, 3.8) is 0 Å². The quantitative estimate of drug-likeness (QED) is 0.836. The van der Waals surface area contributed by atoms with Crippen molar-refractivity contribution in [1.82, 2.24) is 4.90 Å². The van der Waals surface area contributed by atoms with Crippen LogP contribution in [0.4, 0.5) is 0 Å². The molecule has 1 heterocycles. The minimum Gasteiger partial charge on any atom is -0.465 e. The zero-order valence-electron chi connectivity index (χ0n) is 11.0. The molecule has 0 aromatic carbocycles. The molecule has 2 N–H and O–H groups in total. The molecule has 0 saturated heterocycles. The number of hydrogen-bond acceptors (Lipinski definition) is 3. The lowest BCUT2D eigenvalue weighted by molar-refractivity contribution is 0.172. The highest BCUT2D eigenvalue weighted by Gasteiger charge is 2.24. The Morgan fingerprint density at radius 3 is 2.31 bits per heavy atom. The van der Waals surface area contributed by atoms with E-state index in [0.717, 1.165) is 18.1 Å². The third kappa shape index (κ3) is 3.35. The zero-order valence-corrected chi connectivity index (χ0v) is 11.0. The Morgan fingerprint density at radius 2 is 1.94 bits per heavy atom. The second-order valence-corrected chi connectivity index (χ2v) is 5.09. The number of furan rings is 1. The molecule has 0 aliphatic carbocycles. The maximum atomic E-state index is 6.05. The van der Waals surface area contributed by atoms with Gasteiger partial charge in [0.15, 0.2) is 0 Å². The van der Waals surface area contributed by atoms with Crippen LogP contribution in [0.2, 0.25) is 0 Å². The average Bonchev–Trinajstić information content (AvgIpc) is 2.49. The topological polar surface area (TPSA) is 42.4 Å². The Morgan fingerprint density at radius 1 is 1.31 bits per heavy atom. The van der Waals surface area contributed by atoms with Gasteiger partial charge in [0.25, 0.3) is 0 Å². The van der Waals surface area contributed by atoms with Gasteiger partial charge in [0, 0.05) is 12.6 Å². The van der Waals surface area contributed by atoms with Crippen LogP contribution in [0.15, 0.2) is 16.5 Å². The Balaban J connectivity index is 2.82. The minimum absolute atomic E-state index is 0.0642. The summed E-state index contributed by atoms with van der Waals surface area (Å²) >= 11 is 0. The molecular formula is C13H24N2O. The molecule has 92 valence electrons. The van der Waals surface area contributed by atoms with Crippen molar-refractivity contribution in [3.05, 3.63) is 23.7 Å². The first-order valence-corrected chi connectivity index (χ1v) is 5.94. The molecule has 0 radical (unpaired) electrons. The summed E-state index contributed by atoms with van der Waals surface area (Å²) < 4.78 is 5.69. The van der Waals surface area contributed by atoms with Crippen LogP contribution in [0.5, 0.6) is 0 Å². The first-order valence-electron chi connectivity index (χ1n) is 5.94. The van der Waals surface area contributed by atoms with Gasteiger partial charge in [-0.2, -0.15) is 0 Å². The van der Waals surface area contributed by atoms with Crippen molar-refractivity contribution in [2.45, 2.75) is 39.8 Å². The fourth-order valence-corrected chi connectivity index (χ4v) is 2.18. The van der Waals surface area contributed by atoms with Crippen LogP contribution in [0.25, 0.3) is 0 Å². The molecule has 0 bridgehead atoms. The van der Waals surface area contributed by atoms with Crippen LogP contribution in [-0.4, -0.2) is 24.5 Å². The van der Waals surface area contributed by atoms with Crippen molar-refractivity contribution in [2.75, 3.05) is 13.6 Å². The normalized spacial score (nSPS) is 15.8. The lowest BCUT2D eigenvalue weighted by atomic mass is 10.1. The highest BCUT2D eigenvalue weighted by atomic mass is 16.3. The molecule has 0 spiro atoms. The molecule has 1 aromatic heterocycles. The number of rotatable bonds is 5. The van der Waals surface area contributed by atoms with Crippen molar-refractivity contribution in [1.29, 1.82) is 0 Å². The highest BCUT2D eigenvalue weighted by Crippen LogP contribution is 2.24. The van der Waals surface area contributed by atoms with Gasteiger partial charge < -0.3 is 10.2 Å². The fraction of sp³-hybridized carbons (Fsp3) is 0.692. The fourth-order valence-electron chi connectivity index (χ4n) is 2.18. The second kappa shape index (κ2) is 5.51. The van der Waals surface area contributed by atoms with Crippen LogP contribution in [-0.2, 0) is 0 Å². The standard InChI is InChI=1S/C13H24N2O/c1-9(2)8-15(5)13(11(4)14)12-7-6-10(3)16-12/h6-7,9,11,13H,8,14H2,1-5H3. The van der Waals surface area contributed by atoms with E-state index >= 15 is 0 Å². The Labute approximate surface area is 98.6 Å². The van der Waals surface area contributed by atoms with Gasteiger partial charge in [-0.25, -0.2) is 0 Å². The summed E-state index contributed by atoms with van der Waals surface area (Å²) in [5.41, 5.74) is 6.05. The van der Waals surface area contributed by atoms with E-state index in [2.05, 4.69) is 25.8 Å². The number of nitrogens with zero attached hydrogens (tertiary/aromatic N) is 1. The van der Waals surface area contributed by atoms with Crippen molar-refractivity contribution in [3.8, 4) is 0 Å². The molecule has 0 saturated carbocycles. The van der Waals surface area contributed by atoms with Gasteiger partial charge in [0.1, 0.15) is 11.5 Å². The summed E-state index contributed by atoms with van der Waals surface area (Å²) in [4.78, 5) is 2.27. The lowest BCUT2D eigenvalue weighted by Crippen LogP contribution is -2.38. The summed E-state index contributed by atoms with van der Waals surface area (Å²) in [6.45, 7) is 9.43. The van der Waals surface area contributed by atoms with Crippen LogP contribution < -0.4 is 5.73 Å². The predicted molar refractivity (Wildman–Crippen MR) is 67.3 cm³/mol. The number of likely N-dealkylation sites (N-methyl/N-ethyl adjacent to an activating group) is 1. The molecule has 3 nitrogen and oxygen atoms in total. The van der Waals surface area contributed by atoms with E-state index in [4.69, 9.17) is 10.2 Å². The van der Waals surface area contributed by atoms with Crippen LogP contribution in [0.3, 0.4) is 0 Å². The molecule has 0 aliphatic heterocycles. The zero-order chi connectivity index (χ0) is 12.3. The number of aryl methyl sites for hydroxylation is 1. The summed E-state index contributed by atoms with van der Waals surface area (Å²) in [5, 5.41) is 0. The molecule has 2 unspecified atom stereocenters. The average molecular weight is 224 g/mol. The monoisotopic (exact) mass is 224 g/mol. The van der Waals surface area contributed by atoms with Gasteiger partial charge in [-0.1, -0.05) is 13.8 Å². The highest BCUT2D eigenvalue weighted by molar-refractivity contribution is 5.11. The lowest BCUT2D eigenvalue weighted by Gasteiger charge is -2.30. The van der Waals surface area contributed by atoms with Gasteiger partial charge in [0.05, 0.1) is 6.04 Å². The van der Waals surface area contributed by atoms with Crippen molar-refractivity contribution < 1.29 is 4.42 Å². The first kappa shape index (κ1) is 13.3.